The summed E-state index contributed by atoms with van der Waals surface area (Å²) in [5.41, 5.74) is 10.7. The molecule has 0 fully saturated rings. The molecule has 0 aliphatic heterocycles. The van der Waals surface area contributed by atoms with Crippen molar-refractivity contribution < 1.29 is 4.39 Å². The van der Waals surface area contributed by atoms with Gasteiger partial charge in [-0.1, -0.05) is 0 Å². The lowest BCUT2D eigenvalue weighted by atomic mass is 10.1. The smallest absolute Gasteiger partial charge is 0.143 e. The second kappa shape index (κ2) is 2.46. The van der Waals surface area contributed by atoms with Crippen LogP contribution in [-0.2, 0) is 0 Å². The predicted octanol–water partition coefficient (Wildman–Crippen LogP) is 0.862. The van der Waals surface area contributed by atoms with E-state index in [0.29, 0.717) is 0 Å². The fourth-order valence-corrected chi connectivity index (χ4v) is 0.723. The van der Waals surface area contributed by atoms with Gasteiger partial charge in [0.15, 0.2) is 0 Å². The lowest BCUT2D eigenvalue weighted by Crippen LogP contribution is -1.99. The maximum atomic E-state index is 12.7. The first-order valence-corrected chi connectivity index (χ1v) is 2.90. The topological polar surface area (TPSA) is 75.8 Å². The standard InChI is InChI=1S/C7H6FN3/c8-5-1-2-6(10)7(11)4(5)3-9/h1-2H,10-11H2. The van der Waals surface area contributed by atoms with Gasteiger partial charge in [-0.05, 0) is 12.1 Å². The average Bonchev–Trinajstić information content (AvgIpc) is 1.99. The zero-order valence-corrected chi connectivity index (χ0v) is 5.63. The highest BCUT2D eigenvalue weighted by molar-refractivity contribution is 5.70. The minimum Gasteiger partial charge on any atom is -0.397 e. The molecule has 0 amide bonds. The number of nitrogen functional groups attached to an aromatic ring is 2. The zero-order chi connectivity index (χ0) is 8.43. The average molecular weight is 151 g/mol. The summed E-state index contributed by atoms with van der Waals surface area (Å²) in [6.45, 7) is 0. The molecule has 1 aromatic carbocycles. The molecule has 0 saturated carbocycles. The van der Waals surface area contributed by atoms with Crippen LogP contribution in [0.4, 0.5) is 15.8 Å². The SMILES string of the molecule is N#Cc1c(F)ccc(N)c1N. The van der Waals surface area contributed by atoms with Gasteiger partial charge in [0.25, 0.3) is 0 Å². The molecule has 0 heterocycles. The van der Waals surface area contributed by atoms with Gasteiger partial charge in [-0.2, -0.15) is 5.26 Å². The fraction of sp³-hybridized carbons (Fsp3) is 0. The van der Waals surface area contributed by atoms with Crippen LogP contribution in [0.1, 0.15) is 5.56 Å². The minimum absolute atomic E-state index is 0.00694. The number of nitriles is 1. The van der Waals surface area contributed by atoms with Crippen LogP contribution in [0.3, 0.4) is 0 Å². The van der Waals surface area contributed by atoms with E-state index in [4.69, 9.17) is 16.7 Å². The Labute approximate surface area is 63.0 Å². The van der Waals surface area contributed by atoms with Crippen molar-refractivity contribution in [1.29, 1.82) is 5.26 Å². The number of nitrogens with zero attached hydrogens (tertiary/aromatic N) is 1. The van der Waals surface area contributed by atoms with Crippen molar-refractivity contribution in [2.24, 2.45) is 0 Å². The maximum Gasteiger partial charge on any atom is 0.143 e. The van der Waals surface area contributed by atoms with E-state index < -0.39 is 5.82 Å². The maximum absolute atomic E-state index is 12.7. The summed E-state index contributed by atoms with van der Waals surface area (Å²) < 4.78 is 12.7. The highest BCUT2D eigenvalue weighted by Crippen LogP contribution is 2.21. The van der Waals surface area contributed by atoms with Gasteiger partial charge >= 0.3 is 0 Å². The summed E-state index contributed by atoms with van der Waals surface area (Å²) in [5.74, 6) is -0.640. The third kappa shape index (κ3) is 1.08. The number of hydrogen-bond acceptors (Lipinski definition) is 3. The largest absolute Gasteiger partial charge is 0.397 e. The van der Waals surface area contributed by atoms with Crippen LogP contribution in [0, 0.1) is 17.1 Å². The molecule has 1 aromatic rings. The Bertz CT molecular complexity index is 327. The number of nitrogens with two attached hydrogens (primary N) is 2. The van der Waals surface area contributed by atoms with Crippen molar-refractivity contribution in [3.63, 3.8) is 0 Å². The minimum atomic E-state index is -0.640. The van der Waals surface area contributed by atoms with Crippen molar-refractivity contribution in [2.45, 2.75) is 0 Å². The number of hydrogen-bond donors (Lipinski definition) is 2. The summed E-state index contributed by atoms with van der Waals surface area (Å²) in [4.78, 5) is 0. The molecule has 0 aliphatic rings. The molecule has 0 aliphatic carbocycles. The van der Waals surface area contributed by atoms with Crippen molar-refractivity contribution in [2.75, 3.05) is 11.5 Å². The Kier molecular flexibility index (Phi) is 1.65. The van der Waals surface area contributed by atoms with Crippen LogP contribution >= 0.6 is 0 Å². The van der Waals surface area contributed by atoms with Gasteiger partial charge in [-0.15, -0.1) is 0 Å². The van der Waals surface area contributed by atoms with Gasteiger partial charge in [-0.3, -0.25) is 0 Å². The van der Waals surface area contributed by atoms with E-state index in [9.17, 15) is 4.39 Å². The van der Waals surface area contributed by atoms with Crippen LogP contribution in [-0.4, -0.2) is 0 Å². The lowest BCUT2D eigenvalue weighted by Gasteiger charge is -2.01. The quantitative estimate of drug-likeness (QED) is 0.540. The molecule has 4 heteroatoms. The van der Waals surface area contributed by atoms with Crippen molar-refractivity contribution in [3.8, 4) is 6.07 Å². The summed E-state index contributed by atoms with van der Waals surface area (Å²) in [5, 5.41) is 8.40. The lowest BCUT2D eigenvalue weighted by molar-refractivity contribution is 0.625. The zero-order valence-electron chi connectivity index (χ0n) is 5.63. The molecule has 1 rings (SSSR count). The van der Waals surface area contributed by atoms with Gasteiger partial charge in [0, 0.05) is 0 Å². The predicted molar refractivity (Wildman–Crippen MR) is 39.9 cm³/mol. The molecule has 0 aromatic heterocycles. The number of benzene rings is 1. The molecule has 0 atom stereocenters. The van der Waals surface area contributed by atoms with Gasteiger partial charge in [-0.25, -0.2) is 4.39 Å². The van der Waals surface area contributed by atoms with E-state index in [1.807, 2.05) is 0 Å². The Hall–Kier alpha value is -1.76. The molecular weight excluding hydrogens is 145 g/mol. The van der Waals surface area contributed by atoms with Gasteiger partial charge < -0.3 is 11.5 Å². The molecule has 0 radical (unpaired) electrons. The third-order valence-corrected chi connectivity index (χ3v) is 1.34. The monoisotopic (exact) mass is 151 g/mol. The third-order valence-electron chi connectivity index (χ3n) is 1.34. The van der Waals surface area contributed by atoms with Gasteiger partial charge in [0.05, 0.1) is 11.4 Å². The summed E-state index contributed by atoms with van der Waals surface area (Å²) in [6.07, 6.45) is 0. The normalized spacial score (nSPS) is 9.09. The van der Waals surface area contributed by atoms with E-state index in [0.717, 1.165) is 6.07 Å². The summed E-state index contributed by atoms with van der Waals surface area (Å²) >= 11 is 0. The van der Waals surface area contributed by atoms with E-state index in [2.05, 4.69) is 0 Å². The second-order valence-electron chi connectivity index (χ2n) is 2.04. The number of rotatable bonds is 0. The highest BCUT2D eigenvalue weighted by atomic mass is 19.1. The summed E-state index contributed by atoms with van der Waals surface area (Å²) in [7, 11) is 0. The van der Waals surface area contributed by atoms with Crippen LogP contribution < -0.4 is 11.5 Å². The Morgan fingerprint density at radius 2 is 2.00 bits per heavy atom. The first kappa shape index (κ1) is 7.35. The molecule has 4 N–H and O–H groups in total. The Morgan fingerprint density at radius 1 is 1.36 bits per heavy atom. The van der Waals surface area contributed by atoms with Crippen molar-refractivity contribution in [1.82, 2.24) is 0 Å². The van der Waals surface area contributed by atoms with Gasteiger partial charge in [0.1, 0.15) is 17.4 Å². The first-order valence-electron chi connectivity index (χ1n) is 2.90. The van der Waals surface area contributed by atoms with E-state index in [-0.39, 0.29) is 16.9 Å². The highest BCUT2D eigenvalue weighted by Gasteiger charge is 2.07. The molecule has 0 saturated heterocycles. The summed E-state index contributed by atoms with van der Waals surface area (Å²) in [6, 6.07) is 4.06. The van der Waals surface area contributed by atoms with E-state index >= 15 is 0 Å². The molecular formula is C7H6FN3. The van der Waals surface area contributed by atoms with Crippen LogP contribution in [0.25, 0.3) is 0 Å². The van der Waals surface area contributed by atoms with E-state index in [1.165, 1.54) is 6.07 Å². The molecule has 56 valence electrons. The molecule has 0 bridgehead atoms. The van der Waals surface area contributed by atoms with Crippen molar-refractivity contribution in [3.05, 3.63) is 23.5 Å². The van der Waals surface area contributed by atoms with Crippen LogP contribution in [0.15, 0.2) is 12.1 Å². The van der Waals surface area contributed by atoms with Crippen LogP contribution in [0.5, 0.6) is 0 Å². The van der Waals surface area contributed by atoms with Gasteiger partial charge in [0.2, 0.25) is 0 Å². The molecule has 11 heavy (non-hydrogen) atoms. The molecule has 0 spiro atoms. The Morgan fingerprint density at radius 3 is 2.45 bits per heavy atom. The molecule has 3 nitrogen and oxygen atoms in total. The fourth-order valence-electron chi connectivity index (χ4n) is 0.723. The second-order valence-corrected chi connectivity index (χ2v) is 2.04. The van der Waals surface area contributed by atoms with E-state index in [1.54, 1.807) is 6.07 Å². The number of anilines is 2. The molecule has 0 unspecified atom stereocenters. The number of halogens is 1. The first-order chi connectivity index (χ1) is 5.16. The van der Waals surface area contributed by atoms with Crippen LogP contribution in [0.2, 0.25) is 0 Å². The van der Waals surface area contributed by atoms with Crippen molar-refractivity contribution >= 4 is 11.4 Å². The Balaban J connectivity index is 3.44.